The second-order valence-corrected chi connectivity index (χ2v) is 5.66. The van der Waals surface area contributed by atoms with Gasteiger partial charge in [0.05, 0.1) is 12.8 Å². The number of aryl methyl sites for hydroxylation is 2. The molecule has 0 spiro atoms. The van der Waals surface area contributed by atoms with Gasteiger partial charge in [-0.25, -0.2) is 4.79 Å². The fourth-order valence-corrected chi connectivity index (χ4v) is 2.98. The number of methoxy groups -OCH3 is 1. The van der Waals surface area contributed by atoms with Crippen LogP contribution < -0.4 is 4.90 Å². The third-order valence-electron chi connectivity index (χ3n) is 4.28. The first-order valence-electron chi connectivity index (χ1n) is 7.95. The largest absolute Gasteiger partial charge is 0.467 e. The predicted octanol–water partition coefficient (Wildman–Crippen LogP) is 2.17. The number of carbonyl (C=O) groups excluding carboxylic acids is 2. The molecular formula is C18H19N3O3. The first kappa shape index (κ1) is 16.1. The minimum atomic E-state index is -0.649. The third-order valence-corrected chi connectivity index (χ3v) is 4.28. The zero-order valence-electron chi connectivity index (χ0n) is 13.7. The zero-order chi connectivity index (χ0) is 17.1. The predicted molar refractivity (Wildman–Crippen MR) is 88.8 cm³/mol. The molecule has 0 fully saturated rings. The van der Waals surface area contributed by atoms with Crippen molar-refractivity contribution >= 4 is 17.6 Å². The van der Waals surface area contributed by atoms with Crippen LogP contribution in [0.2, 0.25) is 0 Å². The highest BCUT2D eigenvalue weighted by Crippen LogP contribution is 2.31. The Kier molecular flexibility index (Phi) is 4.55. The van der Waals surface area contributed by atoms with Gasteiger partial charge in [0.25, 0.3) is 5.91 Å². The minimum absolute atomic E-state index is 0.298. The van der Waals surface area contributed by atoms with Crippen molar-refractivity contribution in [3.63, 3.8) is 0 Å². The number of fused-ring (bicyclic) bond motifs is 1. The number of hydrogen-bond donors (Lipinski definition) is 0. The topological polar surface area (TPSA) is 72.4 Å². The van der Waals surface area contributed by atoms with Gasteiger partial charge in [-0.05, 0) is 48.6 Å². The number of hydrogen-bond acceptors (Lipinski definition) is 5. The minimum Gasteiger partial charge on any atom is -0.467 e. The summed E-state index contributed by atoms with van der Waals surface area (Å²) in [6, 6.07) is 4.75. The quantitative estimate of drug-likeness (QED) is 0.809. The van der Waals surface area contributed by atoms with E-state index in [4.69, 9.17) is 4.74 Å². The molecule has 2 aromatic heterocycles. The van der Waals surface area contributed by atoms with Crippen molar-refractivity contribution in [3.05, 3.63) is 53.6 Å². The van der Waals surface area contributed by atoms with Gasteiger partial charge in [0, 0.05) is 18.6 Å². The zero-order valence-corrected chi connectivity index (χ0v) is 13.7. The molecule has 3 rings (SSSR count). The van der Waals surface area contributed by atoms with E-state index in [0.29, 0.717) is 24.2 Å². The molecule has 1 aliphatic rings. The highest BCUT2D eigenvalue weighted by atomic mass is 16.5. The maximum atomic E-state index is 13.1. The average Bonchev–Trinajstić information content (AvgIpc) is 2.65. The van der Waals surface area contributed by atoms with Crippen LogP contribution in [0, 0.1) is 0 Å². The molecule has 0 radical (unpaired) electrons. The van der Waals surface area contributed by atoms with Crippen molar-refractivity contribution in [3.8, 4) is 0 Å². The molecule has 0 aromatic carbocycles. The van der Waals surface area contributed by atoms with Crippen molar-refractivity contribution < 1.29 is 14.3 Å². The van der Waals surface area contributed by atoms with E-state index in [1.54, 1.807) is 30.7 Å². The van der Waals surface area contributed by atoms with Crippen molar-refractivity contribution in [1.29, 1.82) is 0 Å². The number of ether oxygens (including phenoxy) is 1. The fourth-order valence-electron chi connectivity index (χ4n) is 2.98. The summed E-state index contributed by atoms with van der Waals surface area (Å²) in [5, 5.41) is 0. The second kappa shape index (κ2) is 6.78. The van der Waals surface area contributed by atoms with Crippen LogP contribution in [0.1, 0.15) is 35.0 Å². The van der Waals surface area contributed by atoms with Crippen molar-refractivity contribution in [2.24, 2.45) is 0 Å². The molecular weight excluding hydrogens is 306 g/mol. The van der Waals surface area contributed by atoms with E-state index in [2.05, 4.69) is 9.97 Å². The molecule has 0 N–H and O–H groups in total. The van der Waals surface area contributed by atoms with Crippen LogP contribution in [0.3, 0.4) is 0 Å². The lowest BCUT2D eigenvalue weighted by Crippen LogP contribution is -2.49. The van der Waals surface area contributed by atoms with Gasteiger partial charge in [0.15, 0.2) is 0 Å². The number of anilines is 1. The lowest BCUT2D eigenvalue weighted by Gasteiger charge is -2.35. The van der Waals surface area contributed by atoms with Crippen LogP contribution in [0.5, 0.6) is 0 Å². The molecule has 1 unspecified atom stereocenters. The number of pyridine rings is 2. The molecule has 1 aliphatic heterocycles. The van der Waals surface area contributed by atoms with E-state index in [-0.39, 0.29) is 5.91 Å². The summed E-state index contributed by atoms with van der Waals surface area (Å²) >= 11 is 0. The molecule has 124 valence electrons. The lowest BCUT2D eigenvalue weighted by molar-refractivity contribution is -0.142. The maximum absolute atomic E-state index is 13.1. The number of carbonyl (C=O) groups is 2. The standard InChI is InChI=1S/C18H19N3O3/c1-3-12-6-9-20-14(10-12)17(22)21-15-7-8-19-11-13(15)4-5-16(21)18(23)24-2/h6-11,16H,3-5H2,1-2H3. The molecule has 0 aliphatic carbocycles. The summed E-state index contributed by atoms with van der Waals surface area (Å²) in [7, 11) is 1.34. The molecule has 6 nitrogen and oxygen atoms in total. The van der Waals surface area contributed by atoms with Crippen LogP contribution in [-0.2, 0) is 22.4 Å². The van der Waals surface area contributed by atoms with E-state index in [9.17, 15) is 9.59 Å². The SMILES string of the molecule is CCc1ccnc(C(=O)N2c3ccncc3CCC2C(=O)OC)c1. The Balaban J connectivity index is 2.05. The molecule has 2 aromatic rings. The van der Waals surface area contributed by atoms with Crippen molar-refractivity contribution in [1.82, 2.24) is 9.97 Å². The Morgan fingerprint density at radius 2 is 2.17 bits per heavy atom. The number of amides is 1. The van der Waals surface area contributed by atoms with Crippen LogP contribution in [0.15, 0.2) is 36.8 Å². The average molecular weight is 325 g/mol. The van der Waals surface area contributed by atoms with Crippen LogP contribution in [-0.4, -0.2) is 35.0 Å². The first-order valence-corrected chi connectivity index (χ1v) is 7.95. The van der Waals surface area contributed by atoms with Gasteiger partial charge in [0.2, 0.25) is 0 Å². The lowest BCUT2D eigenvalue weighted by atomic mass is 9.96. The summed E-state index contributed by atoms with van der Waals surface area (Å²) in [4.78, 5) is 35.1. The third kappa shape index (κ3) is 2.87. The Bertz CT molecular complexity index is 776. The fraction of sp³-hybridized carbons (Fsp3) is 0.333. The van der Waals surface area contributed by atoms with Gasteiger partial charge in [-0.2, -0.15) is 0 Å². The summed E-state index contributed by atoms with van der Waals surface area (Å²) in [5.74, 6) is -0.717. The van der Waals surface area contributed by atoms with E-state index in [1.807, 2.05) is 13.0 Å². The Morgan fingerprint density at radius 1 is 1.33 bits per heavy atom. The van der Waals surface area contributed by atoms with Gasteiger partial charge in [-0.1, -0.05) is 6.92 Å². The van der Waals surface area contributed by atoms with E-state index in [0.717, 1.165) is 17.5 Å². The van der Waals surface area contributed by atoms with Gasteiger partial charge in [-0.15, -0.1) is 0 Å². The molecule has 6 heteroatoms. The highest BCUT2D eigenvalue weighted by molar-refractivity contribution is 6.09. The van der Waals surface area contributed by atoms with Crippen molar-refractivity contribution in [2.45, 2.75) is 32.2 Å². The van der Waals surface area contributed by atoms with Gasteiger partial charge in [0.1, 0.15) is 11.7 Å². The van der Waals surface area contributed by atoms with Crippen molar-refractivity contribution in [2.75, 3.05) is 12.0 Å². The number of nitrogens with zero attached hydrogens (tertiary/aromatic N) is 3. The number of esters is 1. The number of rotatable bonds is 3. The molecule has 0 saturated heterocycles. The Morgan fingerprint density at radius 3 is 2.92 bits per heavy atom. The van der Waals surface area contributed by atoms with Crippen LogP contribution >= 0.6 is 0 Å². The summed E-state index contributed by atoms with van der Waals surface area (Å²) in [5.41, 5.74) is 2.99. The highest BCUT2D eigenvalue weighted by Gasteiger charge is 2.37. The normalized spacial score (nSPS) is 16.4. The van der Waals surface area contributed by atoms with Crippen LogP contribution in [0.4, 0.5) is 5.69 Å². The first-order chi connectivity index (χ1) is 11.7. The van der Waals surface area contributed by atoms with Crippen LogP contribution in [0.25, 0.3) is 0 Å². The molecule has 24 heavy (non-hydrogen) atoms. The molecule has 3 heterocycles. The molecule has 0 saturated carbocycles. The number of aromatic nitrogens is 2. The molecule has 1 atom stereocenters. The monoisotopic (exact) mass is 325 g/mol. The maximum Gasteiger partial charge on any atom is 0.328 e. The van der Waals surface area contributed by atoms with Gasteiger partial charge < -0.3 is 4.74 Å². The Labute approximate surface area is 140 Å². The van der Waals surface area contributed by atoms with E-state index >= 15 is 0 Å². The second-order valence-electron chi connectivity index (χ2n) is 5.66. The van der Waals surface area contributed by atoms with Gasteiger partial charge in [-0.3, -0.25) is 19.7 Å². The Hall–Kier alpha value is -2.76. The molecule has 1 amide bonds. The molecule has 0 bridgehead atoms. The van der Waals surface area contributed by atoms with E-state index in [1.165, 1.54) is 12.0 Å². The summed E-state index contributed by atoms with van der Waals surface area (Å²) < 4.78 is 4.90. The smallest absolute Gasteiger partial charge is 0.328 e. The summed E-state index contributed by atoms with van der Waals surface area (Å²) in [6.45, 7) is 2.02. The van der Waals surface area contributed by atoms with Gasteiger partial charge >= 0.3 is 5.97 Å². The van der Waals surface area contributed by atoms with E-state index < -0.39 is 12.0 Å². The summed E-state index contributed by atoms with van der Waals surface area (Å²) in [6.07, 6.45) is 6.97.